The summed E-state index contributed by atoms with van der Waals surface area (Å²) in [5.74, 6) is 4.30. The van der Waals surface area contributed by atoms with Gasteiger partial charge in [0.25, 0.3) is 0 Å². The number of rotatable bonds is 1. The third kappa shape index (κ3) is 2.92. The number of carbonyl (C=O) groups excluding carboxylic acids is 1. The molecular formula is C11H10O3. The molecule has 0 heterocycles. The lowest BCUT2D eigenvalue weighted by Gasteiger charge is -1.98. The van der Waals surface area contributed by atoms with E-state index in [0.29, 0.717) is 0 Å². The topological polar surface area (TPSA) is 46.5 Å². The van der Waals surface area contributed by atoms with Crippen molar-refractivity contribution in [1.29, 1.82) is 0 Å². The first-order valence-corrected chi connectivity index (χ1v) is 4.06. The van der Waals surface area contributed by atoms with Crippen LogP contribution in [0.4, 0.5) is 0 Å². The molecule has 3 nitrogen and oxygen atoms in total. The van der Waals surface area contributed by atoms with Crippen LogP contribution in [0, 0.1) is 11.8 Å². The number of esters is 1. The minimum absolute atomic E-state index is 0.742. The number of hydrogen-bond donors (Lipinski definition) is 1. The molecule has 0 radical (unpaired) electrons. The number of carbonyl (C=O) groups is 1. The predicted molar refractivity (Wildman–Crippen MR) is 51.3 cm³/mol. The number of ether oxygens (including phenoxy) is 1. The van der Waals surface area contributed by atoms with E-state index in [9.17, 15) is 4.79 Å². The molecule has 1 atom stereocenters. The second-order valence-corrected chi connectivity index (χ2v) is 2.56. The summed E-state index contributed by atoms with van der Waals surface area (Å²) in [5, 5.41) is 9.13. The number of methoxy groups -OCH3 is 1. The highest BCUT2D eigenvalue weighted by Gasteiger charge is 2.10. The fourth-order valence-electron chi connectivity index (χ4n) is 0.844. The van der Waals surface area contributed by atoms with Crippen LogP contribution in [-0.2, 0) is 9.53 Å². The van der Waals surface area contributed by atoms with Crippen LogP contribution >= 0.6 is 0 Å². The number of aliphatic hydroxyl groups is 1. The molecule has 0 aliphatic carbocycles. The van der Waals surface area contributed by atoms with Crippen LogP contribution in [0.25, 0.3) is 0 Å². The number of aliphatic hydroxyl groups excluding tert-OH is 1. The first kappa shape index (κ1) is 10.3. The van der Waals surface area contributed by atoms with Gasteiger partial charge in [-0.1, -0.05) is 30.0 Å². The first-order valence-electron chi connectivity index (χ1n) is 4.06. The van der Waals surface area contributed by atoms with Crippen molar-refractivity contribution in [3.05, 3.63) is 35.9 Å². The summed E-state index contributed by atoms with van der Waals surface area (Å²) in [7, 11) is 1.20. The lowest BCUT2D eigenvalue weighted by atomic mass is 10.2. The lowest BCUT2D eigenvalue weighted by Crippen LogP contribution is -2.19. The fraction of sp³-hybridized carbons (Fsp3) is 0.182. The highest BCUT2D eigenvalue weighted by atomic mass is 16.5. The normalized spacial score (nSPS) is 11.0. The minimum Gasteiger partial charge on any atom is -0.466 e. The molecule has 0 aliphatic rings. The quantitative estimate of drug-likeness (QED) is 0.520. The van der Waals surface area contributed by atoms with E-state index in [0.717, 1.165) is 5.56 Å². The van der Waals surface area contributed by atoms with Crippen molar-refractivity contribution in [3.8, 4) is 11.8 Å². The zero-order valence-electron chi connectivity index (χ0n) is 7.73. The first-order chi connectivity index (χ1) is 6.74. The Balaban J connectivity index is 2.69. The largest absolute Gasteiger partial charge is 0.466 e. The molecule has 0 saturated heterocycles. The van der Waals surface area contributed by atoms with E-state index >= 15 is 0 Å². The van der Waals surface area contributed by atoms with Crippen molar-refractivity contribution in [1.82, 2.24) is 0 Å². The second-order valence-electron chi connectivity index (χ2n) is 2.56. The van der Waals surface area contributed by atoms with E-state index in [-0.39, 0.29) is 0 Å². The van der Waals surface area contributed by atoms with Gasteiger partial charge in [-0.3, -0.25) is 0 Å². The average Bonchev–Trinajstić information content (AvgIpc) is 2.26. The molecule has 0 aliphatic heterocycles. The molecule has 0 amide bonds. The predicted octanol–water partition coefficient (Wildman–Crippen LogP) is 0.572. The van der Waals surface area contributed by atoms with Crippen molar-refractivity contribution < 1.29 is 14.6 Å². The van der Waals surface area contributed by atoms with Crippen LogP contribution in [0.5, 0.6) is 0 Å². The summed E-state index contributed by atoms with van der Waals surface area (Å²) in [6, 6.07) is 9.10. The highest BCUT2D eigenvalue weighted by molar-refractivity contribution is 5.78. The van der Waals surface area contributed by atoms with Gasteiger partial charge in [0, 0.05) is 5.56 Å². The Labute approximate surface area is 82.3 Å². The van der Waals surface area contributed by atoms with Gasteiger partial charge in [0.15, 0.2) is 0 Å². The maximum Gasteiger partial charge on any atom is 0.347 e. The van der Waals surface area contributed by atoms with Crippen molar-refractivity contribution in [2.24, 2.45) is 0 Å². The summed E-state index contributed by atoms with van der Waals surface area (Å²) < 4.78 is 4.31. The lowest BCUT2D eigenvalue weighted by molar-refractivity contribution is -0.147. The monoisotopic (exact) mass is 190 g/mol. The van der Waals surface area contributed by atoms with Gasteiger partial charge >= 0.3 is 5.97 Å². The van der Waals surface area contributed by atoms with Crippen molar-refractivity contribution in [2.45, 2.75) is 6.10 Å². The van der Waals surface area contributed by atoms with Crippen LogP contribution < -0.4 is 0 Å². The molecule has 1 aromatic rings. The second kappa shape index (κ2) is 5.05. The molecule has 0 fully saturated rings. The SMILES string of the molecule is COC(=O)C(O)C#Cc1ccccc1. The average molecular weight is 190 g/mol. The molecule has 1 N–H and O–H groups in total. The maximum atomic E-state index is 10.8. The van der Waals surface area contributed by atoms with E-state index in [2.05, 4.69) is 16.6 Å². The maximum absolute atomic E-state index is 10.8. The number of hydrogen-bond acceptors (Lipinski definition) is 3. The fourth-order valence-corrected chi connectivity index (χ4v) is 0.844. The van der Waals surface area contributed by atoms with Crippen LogP contribution in [-0.4, -0.2) is 24.3 Å². The Bertz CT molecular complexity index is 359. The zero-order valence-corrected chi connectivity index (χ0v) is 7.73. The van der Waals surface area contributed by atoms with Crippen LogP contribution in [0.2, 0.25) is 0 Å². The molecule has 0 spiro atoms. The van der Waals surface area contributed by atoms with Gasteiger partial charge < -0.3 is 9.84 Å². The molecule has 72 valence electrons. The highest BCUT2D eigenvalue weighted by Crippen LogP contribution is 1.95. The Morgan fingerprint density at radius 3 is 2.64 bits per heavy atom. The van der Waals surface area contributed by atoms with Gasteiger partial charge in [-0.2, -0.15) is 0 Å². The molecule has 14 heavy (non-hydrogen) atoms. The van der Waals surface area contributed by atoms with Crippen molar-refractivity contribution in [3.63, 3.8) is 0 Å². The summed E-state index contributed by atoms with van der Waals surface area (Å²) in [4.78, 5) is 10.8. The van der Waals surface area contributed by atoms with Crippen molar-refractivity contribution in [2.75, 3.05) is 7.11 Å². The zero-order chi connectivity index (χ0) is 10.4. The van der Waals surface area contributed by atoms with E-state index in [1.807, 2.05) is 18.2 Å². The molecular weight excluding hydrogens is 180 g/mol. The molecule has 1 rings (SSSR count). The minimum atomic E-state index is -1.37. The van der Waals surface area contributed by atoms with E-state index in [1.165, 1.54) is 7.11 Å². The third-order valence-corrected chi connectivity index (χ3v) is 1.55. The van der Waals surface area contributed by atoms with Gasteiger partial charge in [0.1, 0.15) is 0 Å². The Morgan fingerprint density at radius 2 is 2.07 bits per heavy atom. The van der Waals surface area contributed by atoms with Crippen molar-refractivity contribution >= 4 is 5.97 Å². The molecule has 0 aromatic heterocycles. The summed E-state index contributed by atoms with van der Waals surface area (Å²) >= 11 is 0. The molecule has 3 heteroatoms. The van der Waals surface area contributed by atoms with E-state index in [1.54, 1.807) is 12.1 Å². The summed E-state index contributed by atoms with van der Waals surface area (Å²) in [6.45, 7) is 0. The molecule has 0 saturated carbocycles. The van der Waals surface area contributed by atoms with Crippen LogP contribution in [0.3, 0.4) is 0 Å². The van der Waals surface area contributed by atoms with E-state index in [4.69, 9.17) is 5.11 Å². The van der Waals surface area contributed by atoms with Crippen LogP contribution in [0.15, 0.2) is 30.3 Å². The van der Waals surface area contributed by atoms with E-state index < -0.39 is 12.1 Å². The molecule has 1 unspecified atom stereocenters. The summed E-state index contributed by atoms with van der Waals surface area (Å²) in [6.07, 6.45) is -1.37. The van der Waals surface area contributed by atoms with Crippen LogP contribution in [0.1, 0.15) is 5.56 Å². The summed E-state index contributed by atoms with van der Waals surface area (Å²) in [5.41, 5.74) is 0.746. The smallest absolute Gasteiger partial charge is 0.347 e. The van der Waals surface area contributed by atoms with Gasteiger partial charge in [-0.25, -0.2) is 4.79 Å². The Kier molecular flexibility index (Phi) is 3.71. The Morgan fingerprint density at radius 1 is 1.43 bits per heavy atom. The standard InChI is InChI=1S/C11H10O3/c1-14-11(13)10(12)8-7-9-5-3-2-4-6-9/h2-6,10,12H,1H3. The van der Waals surface area contributed by atoms with Gasteiger partial charge in [-0.05, 0) is 12.1 Å². The van der Waals surface area contributed by atoms with Gasteiger partial charge in [-0.15, -0.1) is 0 Å². The van der Waals surface area contributed by atoms with Gasteiger partial charge in [0.2, 0.25) is 6.10 Å². The molecule has 1 aromatic carbocycles. The third-order valence-electron chi connectivity index (χ3n) is 1.55. The number of benzene rings is 1. The van der Waals surface area contributed by atoms with Gasteiger partial charge in [0.05, 0.1) is 7.11 Å². The Hall–Kier alpha value is -1.79. The molecule has 0 bridgehead atoms.